The van der Waals surface area contributed by atoms with E-state index in [1.807, 2.05) is 0 Å². The minimum Gasteiger partial charge on any atom is -0.350 e. The van der Waals surface area contributed by atoms with Gasteiger partial charge in [-0.15, -0.1) is 0 Å². The van der Waals surface area contributed by atoms with Crippen molar-refractivity contribution >= 4 is 0 Å². The van der Waals surface area contributed by atoms with Gasteiger partial charge in [0.1, 0.15) is 0 Å². The second-order valence-electron chi connectivity index (χ2n) is 9.89. The van der Waals surface area contributed by atoms with Gasteiger partial charge in [-0.3, -0.25) is 0 Å². The molecule has 2 saturated carbocycles. The minimum atomic E-state index is -0.251. The van der Waals surface area contributed by atoms with Gasteiger partial charge < -0.3 is 14.4 Å². The monoisotopic (exact) mass is 365 g/mol. The van der Waals surface area contributed by atoms with Crippen molar-refractivity contribution in [1.82, 2.24) is 4.90 Å². The van der Waals surface area contributed by atoms with E-state index in [4.69, 9.17) is 9.47 Å². The summed E-state index contributed by atoms with van der Waals surface area (Å²) < 4.78 is 12.8. The molecule has 1 aliphatic heterocycles. The maximum atomic E-state index is 6.40. The molecule has 1 saturated heterocycles. The van der Waals surface area contributed by atoms with Gasteiger partial charge in [-0.05, 0) is 43.6 Å². The molecule has 3 heteroatoms. The van der Waals surface area contributed by atoms with Crippen LogP contribution in [-0.2, 0) is 9.47 Å². The van der Waals surface area contributed by atoms with Gasteiger partial charge in [-0.25, -0.2) is 0 Å². The summed E-state index contributed by atoms with van der Waals surface area (Å²) in [5.41, 5.74) is 0.459. The highest BCUT2D eigenvalue weighted by atomic mass is 16.7. The molecule has 3 rings (SSSR count). The molecule has 0 amide bonds. The van der Waals surface area contributed by atoms with Crippen LogP contribution in [0.3, 0.4) is 0 Å². The fourth-order valence-electron chi connectivity index (χ4n) is 5.47. The van der Waals surface area contributed by atoms with Crippen LogP contribution in [0.25, 0.3) is 0 Å². The molecule has 3 nitrogen and oxygen atoms in total. The Balaban J connectivity index is 1.45. The SMILES string of the molecule is CCN(CC1COC2(CCC(C(C)(C)CC)CC2)OC1)C1CCCCC1. The van der Waals surface area contributed by atoms with E-state index < -0.39 is 0 Å². The number of rotatable bonds is 6. The van der Waals surface area contributed by atoms with Crippen LogP contribution in [-0.4, -0.2) is 43.0 Å². The lowest BCUT2D eigenvalue weighted by Crippen LogP contribution is -2.50. The standard InChI is InChI=1S/C23H43NO2/c1-5-22(3,4)20-12-14-23(15-13-20)25-17-19(18-26-23)16-24(6-2)21-10-8-7-9-11-21/h19-21H,5-18H2,1-4H3. The quantitative estimate of drug-likeness (QED) is 0.609. The summed E-state index contributed by atoms with van der Waals surface area (Å²) in [6.45, 7) is 13.6. The van der Waals surface area contributed by atoms with Crippen molar-refractivity contribution in [2.45, 2.75) is 104 Å². The van der Waals surface area contributed by atoms with Gasteiger partial charge in [0.2, 0.25) is 0 Å². The van der Waals surface area contributed by atoms with E-state index in [0.29, 0.717) is 11.3 Å². The first-order chi connectivity index (χ1) is 12.5. The molecule has 0 aromatic rings. The van der Waals surface area contributed by atoms with Crippen molar-refractivity contribution in [2.24, 2.45) is 17.3 Å². The van der Waals surface area contributed by atoms with Crippen LogP contribution in [0.15, 0.2) is 0 Å². The summed E-state index contributed by atoms with van der Waals surface area (Å²) >= 11 is 0. The van der Waals surface area contributed by atoms with Crippen LogP contribution in [0.5, 0.6) is 0 Å². The van der Waals surface area contributed by atoms with E-state index >= 15 is 0 Å². The molecule has 0 atom stereocenters. The molecule has 0 N–H and O–H groups in total. The Labute approximate surface area is 162 Å². The van der Waals surface area contributed by atoms with Gasteiger partial charge in [0.05, 0.1) is 13.2 Å². The van der Waals surface area contributed by atoms with E-state index in [2.05, 4.69) is 32.6 Å². The molecule has 0 unspecified atom stereocenters. The van der Waals surface area contributed by atoms with Crippen molar-refractivity contribution in [3.63, 3.8) is 0 Å². The Kier molecular flexibility index (Phi) is 7.07. The van der Waals surface area contributed by atoms with E-state index in [-0.39, 0.29) is 5.79 Å². The molecular formula is C23H43NO2. The van der Waals surface area contributed by atoms with E-state index in [0.717, 1.165) is 44.6 Å². The fourth-order valence-corrected chi connectivity index (χ4v) is 5.47. The highest BCUT2D eigenvalue weighted by Crippen LogP contribution is 2.46. The van der Waals surface area contributed by atoms with Crippen molar-refractivity contribution < 1.29 is 9.47 Å². The van der Waals surface area contributed by atoms with Gasteiger partial charge in [-0.2, -0.15) is 0 Å². The molecule has 3 fully saturated rings. The summed E-state index contributed by atoms with van der Waals surface area (Å²) in [4.78, 5) is 2.70. The molecule has 0 radical (unpaired) electrons. The molecule has 0 aromatic heterocycles. The van der Waals surface area contributed by atoms with Gasteiger partial charge >= 0.3 is 0 Å². The lowest BCUT2D eigenvalue weighted by molar-refractivity contribution is -0.301. The Morgan fingerprint density at radius 1 is 0.923 bits per heavy atom. The van der Waals surface area contributed by atoms with Crippen LogP contribution in [0.1, 0.15) is 91.9 Å². The first-order valence-electron chi connectivity index (χ1n) is 11.5. The zero-order valence-corrected chi connectivity index (χ0v) is 17.9. The Morgan fingerprint density at radius 2 is 1.54 bits per heavy atom. The Bertz CT molecular complexity index is 412. The maximum Gasteiger partial charge on any atom is 0.168 e. The molecule has 0 aromatic carbocycles. The predicted molar refractivity (Wildman–Crippen MR) is 108 cm³/mol. The van der Waals surface area contributed by atoms with Crippen LogP contribution in [0, 0.1) is 17.3 Å². The molecule has 0 bridgehead atoms. The van der Waals surface area contributed by atoms with Gasteiger partial charge in [0.15, 0.2) is 5.79 Å². The normalized spacial score (nSPS) is 34.5. The number of hydrogen-bond acceptors (Lipinski definition) is 3. The number of ether oxygens (including phenoxy) is 2. The fraction of sp³-hybridized carbons (Fsp3) is 1.00. The van der Waals surface area contributed by atoms with E-state index in [9.17, 15) is 0 Å². The number of hydrogen-bond donors (Lipinski definition) is 0. The zero-order valence-electron chi connectivity index (χ0n) is 17.9. The average Bonchev–Trinajstić information content (AvgIpc) is 2.69. The second-order valence-corrected chi connectivity index (χ2v) is 9.89. The third-order valence-corrected chi connectivity index (χ3v) is 7.92. The smallest absolute Gasteiger partial charge is 0.168 e. The van der Waals surface area contributed by atoms with Crippen molar-refractivity contribution in [3.05, 3.63) is 0 Å². The summed E-state index contributed by atoms with van der Waals surface area (Å²) in [7, 11) is 0. The Morgan fingerprint density at radius 3 is 2.08 bits per heavy atom. The topological polar surface area (TPSA) is 21.7 Å². The molecular weight excluding hydrogens is 322 g/mol. The van der Waals surface area contributed by atoms with Crippen LogP contribution >= 0.6 is 0 Å². The Hall–Kier alpha value is -0.120. The highest BCUT2D eigenvalue weighted by molar-refractivity contribution is 4.89. The largest absolute Gasteiger partial charge is 0.350 e. The van der Waals surface area contributed by atoms with E-state index in [1.54, 1.807) is 0 Å². The lowest BCUT2D eigenvalue weighted by Gasteiger charge is -2.48. The summed E-state index contributed by atoms with van der Waals surface area (Å²) in [6, 6.07) is 0.802. The first kappa shape index (κ1) is 20.6. The summed E-state index contributed by atoms with van der Waals surface area (Å²) in [5.74, 6) is 1.12. The van der Waals surface area contributed by atoms with Crippen molar-refractivity contribution in [2.75, 3.05) is 26.3 Å². The summed E-state index contributed by atoms with van der Waals surface area (Å²) in [5, 5.41) is 0. The molecule has 3 aliphatic rings. The second kappa shape index (κ2) is 8.92. The van der Waals surface area contributed by atoms with Crippen LogP contribution in [0.4, 0.5) is 0 Å². The molecule has 26 heavy (non-hydrogen) atoms. The average molecular weight is 366 g/mol. The zero-order chi connectivity index (χ0) is 18.6. The maximum absolute atomic E-state index is 6.40. The summed E-state index contributed by atoms with van der Waals surface area (Å²) in [6.07, 6.45) is 13.0. The van der Waals surface area contributed by atoms with Gasteiger partial charge in [0.25, 0.3) is 0 Å². The van der Waals surface area contributed by atoms with Gasteiger partial charge in [-0.1, -0.05) is 53.4 Å². The predicted octanol–water partition coefficient (Wildman–Crippen LogP) is 5.63. The first-order valence-corrected chi connectivity index (χ1v) is 11.5. The van der Waals surface area contributed by atoms with Crippen LogP contribution < -0.4 is 0 Å². The molecule has 1 heterocycles. The lowest BCUT2D eigenvalue weighted by atomic mass is 9.68. The minimum absolute atomic E-state index is 0.251. The van der Waals surface area contributed by atoms with Crippen molar-refractivity contribution in [3.8, 4) is 0 Å². The van der Waals surface area contributed by atoms with Gasteiger partial charge in [0, 0.05) is 31.3 Å². The van der Waals surface area contributed by atoms with Crippen LogP contribution in [0.2, 0.25) is 0 Å². The third kappa shape index (κ3) is 4.83. The molecule has 2 aliphatic carbocycles. The van der Waals surface area contributed by atoms with Crippen molar-refractivity contribution in [1.29, 1.82) is 0 Å². The number of nitrogens with zero attached hydrogens (tertiary/aromatic N) is 1. The highest BCUT2D eigenvalue weighted by Gasteiger charge is 2.44. The van der Waals surface area contributed by atoms with E-state index in [1.165, 1.54) is 57.9 Å². The molecule has 152 valence electrons. The molecule has 1 spiro atoms. The third-order valence-electron chi connectivity index (χ3n) is 7.92.